The third-order valence-corrected chi connectivity index (χ3v) is 8.15. The number of fused-ring (bicyclic) bond motifs is 2. The van der Waals surface area contributed by atoms with Crippen molar-refractivity contribution in [3.05, 3.63) is 42.0 Å². The molecular weight excluding hydrogens is 456 g/mol. The summed E-state index contributed by atoms with van der Waals surface area (Å²) in [5.74, 6) is 2.01. The van der Waals surface area contributed by atoms with Gasteiger partial charge in [0.15, 0.2) is 5.65 Å². The molecule has 11 heteroatoms. The second kappa shape index (κ2) is 8.24. The van der Waals surface area contributed by atoms with E-state index in [1.54, 1.807) is 22.7 Å². The minimum Gasteiger partial charge on any atom is -0.493 e. The lowest BCUT2D eigenvalue weighted by Gasteiger charge is -2.33. The zero-order valence-corrected chi connectivity index (χ0v) is 19.4. The number of pyridine rings is 1. The Morgan fingerprint density at radius 3 is 2.71 bits per heavy atom. The second-order valence-electron chi connectivity index (χ2n) is 9.10. The van der Waals surface area contributed by atoms with Crippen LogP contribution in [-0.4, -0.2) is 54.7 Å². The molecule has 2 aromatic heterocycles. The first-order valence-corrected chi connectivity index (χ1v) is 13.1. The van der Waals surface area contributed by atoms with E-state index in [9.17, 15) is 13.2 Å². The molecule has 1 saturated carbocycles. The average Bonchev–Trinajstić information content (AvgIpc) is 3.43. The average molecular weight is 483 g/mol. The highest BCUT2D eigenvalue weighted by Crippen LogP contribution is 2.30. The molecule has 1 aliphatic carbocycles. The standard InChI is InChI=1S/C23H26N6O4S/c30-22(15-4-5-15)25-23-24-20-2-1-3-21(29(20)26-23)28-11-8-17(9-12-28)27-34(31,32)18-6-7-19-16(14-18)10-13-33-19/h1-3,6-7,14-15,17,27H,4-5,8-13H2,(H,25,26,30). The van der Waals surface area contributed by atoms with E-state index in [-0.39, 0.29) is 22.8 Å². The maximum Gasteiger partial charge on any atom is 0.249 e. The quantitative estimate of drug-likeness (QED) is 0.551. The molecule has 0 radical (unpaired) electrons. The molecule has 1 saturated heterocycles. The number of benzene rings is 1. The maximum absolute atomic E-state index is 12.9. The summed E-state index contributed by atoms with van der Waals surface area (Å²) in [6.07, 6.45) is 3.91. The van der Waals surface area contributed by atoms with Gasteiger partial charge in [0.25, 0.3) is 0 Å². The van der Waals surface area contributed by atoms with Crippen LogP contribution >= 0.6 is 0 Å². The van der Waals surface area contributed by atoms with Crippen LogP contribution < -0.4 is 19.7 Å². The van der Waals surface area contributed by atoms with Gasteiger partial charge < -0.3 is 9.64 Å². The Bertz CT molecular complexity index is 1360. The normalized spacial score (nSPS) is 18.6. The van der Waals surface area contributed by atoms with E-state index in [1.165, 1.54) is 0 Å². The van der Waals surface area contributed by atoms with Crippen LogP contribution in [0.25, 0.3) is 5.65 Å². The number of anilines is 2. The summed E-state index contributed by atoms with van der Waals surface area (Å²) in [7, 11) is -3.60. The van der Waals surface area contributed by atoms with Gasteiger partial charge in [-0.25, -0.2) is 13.1 Å². The van der Waals surface area contributed by atoms with Gasteiger partial charge in [-0.15, -0.1) is 5.10 Å². The van der Waals surface area contributed by atoms with E-state index >= 15 is 0 Å². The molecule has 2 fully saturated rings. The van der Waals surface area contributed by atoms with Gasteiger partial charge in [0.05, 0.1) is 11.5 Å². The van der Waals surface area contributed by atoms with Crippen LogP contribution in [0.4, 0.5) is 11.8 Å². The van der Waals surface area contributed by atoms with Crippen molar-refractivity contribution in [1.82, 2.24) is 19.3 Å². The zero-order valence-electron chi connectivity index (χ0n) is 18.6. The molecular formula is C23H26N6O4S. The maximum atomic E-state index is 12.9. The van der Waals surface area contributed by atoms with E-state index in [4.69, 9.17) is 4.74 Å². The monoisotopic (exact) mass is 482 g/mol. The molecule has 34 heavy (non-hydrogen) atoms. The Hall–Kier alpha value is -3.18. The van der Waals surface area contributed by atoms with Gasteiger partial charge in [0.1, 0.15) is 11.6 Å². The third-order valence-electron chi connectivity index (χ3n) is 6.63. The molecule has 2 aliphatic heterocycles. The van der Waals surface area contributed by atoms with Crippen molar-refractivity contribution in [2.24, 2.45) is 5.92 Å². The van der Waals surface area contributed by atoms with Gasteiger partial charge in [-0.1, -0.05) is 6.07 Å². The van der Waals surface area contributed by atoms with Crippen LogP contribution in [0.5, 0.6) is 5.75 Å². The number of nitrogens with zero attached hydrogens (tertiary/aromatic N) is 4. The van der Waals surface area contributed by atoms with Crippen molar-refractivity contribution in [3.63, 3.8) is 0 Å². The number of carbonyl (C=O) groups excluding carboxylic acids is 1. The summed E-state index contributed by atoms with van der Waals surface area (Å²) >= 11 is 0. The van der Waals surface area contributed by atoms with Crippen molar-refractivity contribution in [2.75, 3.05) is 29.9 Å². The highest BCUT2D eigenvalue weighted by atomic mass is 32.2. The van der Waals surface area contributed by atoms with E-state index < -0.39 is 10.0 Å². The molecule has 0 spiro atoms. The second-order valence-corrected chi connectivity index (χ2v) is 10.8. The minimum atomic E-state index is -3.60. The fourth-order valence-electron chi connectivity index (χ4n) is 4.59. The number of aromatic nitrogens is 3. The van der Waals surface area contributed by atoms with Crippen molar-refractivity contribution < 1.29 is 17.9 Å². The zero-order chi connectivity index (χ0) is 23.3. The molecule has 1 amide bonds. The molecule has 178 valence electrons. The topological polar surface area (TPSA) is 118 Å². The molecule has 1 aromatic carbocycles. The van der Waals surface area contributed by atoms with E-state index in [0.29, 0.717) is 44.1 Å². The number of nitrogens with one attached hydrogen (secondary N) is 2. The lowest BCUT2D eigenvalue weighted by atomic mass is 10.1. The number of sulfonamides is 1. The van der Waals surface area contributed by atoms with Crippen LogP contribution in [-0.2, 0) is 21.2 Å². The summed E-state index contributed by atoms with van der Waals surface area (Å²) in [5, 5.41) is 7.30. The number of carbonyl (C=O) groups is 1. The Morgan fingerprint density at radius 1 is 1.09 bits per heavy atom. The molecule has 3 aliphatic rings. The SMILES string of the molecule is O=C(Nc1nc2cccc(N3CCC(NS(=O)(=O)c4ccc5c(c4)CCO5)CC3)n2n1)C1CC1. The molecule has 0 atom stereocenters. The Balaban J connectivity index is 1.13. The van der Waals surface area contributed by atoms with E-state index in [1.807, 2.05) is 18.2 Å². The number of hydrogen-bond donors (Lipinski definition) is 2. The van der Waals surface area contributed by atoms with Crippen molar-refractivity contribution in [2.45, 2.75) is 43.0 Å². The van der Waals surface area contributed by atoms with Crippen LogP contribution in [0.1, 0.15) is 31.2 Å². The third kappa shape index (κ3) is 4.09. The van der Waals surface area contributed by atoms with Crippen LogP contribution in [0.3, 0.4) is 0 Å². The lowest BCUT2D eigenvalue weighted by molar-refractivity contribution is -0.117. The Labute approximate surface area is 197 Å². The Morgan fingerprint density at radius 2 is 1.91 bits per heavy atom. The highest BCUT2D eigenvalue weighted by Gasteiger charge is 2.31. The predicted octanol–water partition coefficient (Wildman–Crippen LogP) is 1.96. The van der Waals surface area contributed by atoms with Crippen LogP contribution in [0.2, 0.25) is 0 Å². The number of hydrogen-bond acceptors (Lipinski definition) is 7. The number of amides is 1. The summed E-state index contributed by atoms with van der Waals surface area (Å²) in [4.78, 5) is 19.0. The first-order chi connectivity index (χ1) is 16.5. The molecule has 10 nitrogen and oxygen atoms in total. The Kier molecular flexibility index (Phi) is 5.18. The van der Waals surface area contributed by atoms with Crippen molar-refractivity contribution in [1.29, 1.82) is 0 Å². The van der Waals surface area contributed by atoms with Gasteiger partial charge in [-0.3, -0.25) is 10.1 Å². The van der Waals surface area contributed by atoms with Gasteiger partial charge in [-0.2, -0.15) is 9.50 Å². The number of ether oxygens (including phenoxy) is 1. The summed E-state index contributed by atoms with van der Waals surface area (Å²) < 4.78 is 36.0. The summed E-state index contributed by atoms with van der Waals surface area (Å²) in [5.41, 5.74) is 1.60. The summed E-state index contributed by atoms with van der Waals surface area (Å²) in [6.45, 7) is 1.94. The predicted molar refractivity (Wildman–Crippen MR) is 126 cm³/mol. The molecule has 2 N–H and O–H groups in total. The first-order valence-electron chi connectivity index (χ1n) is 11.7. The van der Waals surface area contributed by atoms with Gasteiger partial charge in [-0.05, 0) is 61.6 Å². The smallest absolute Gasteiger partial charge is 0.249 e. The van der Waals surface area contributed by atoms with E-state index in [0.717, 1.165) is 36.4 Å². The minimum absolute atomic E-state index is 0.0264. The molecule has 3 aromatic rings. The van der Waals surface area contributed by atoms with Crippen molar-refractivity contribution >= 4 is 33.3 Å². The molecule has 6 rings (SSSR count). The van der Waals surface area contributed by atoms with Crippen molar-refractivity contribution in [3.8, 4) is 5.75 Å². The largest absolute Gasteiger partial charge is 0.493 e. The first kappa shape index (κ1) is 21.4. The molecule has 0 unspecified atom stereocenters. The van der Waals surface area contributed by atoms with Gasteiger partial charge in [0, 0.05) is 31.5 Å². The fourth-order valence-corrected chi connectivity index (χ4v) is 5.94. The van der Waals surface area contributed by atoms with E-state index in [2.05, 4.69) is 25.0 Å². The van der Waals surface area contributed by atoms with Gasteiger partial charge >= 0.3 is 0 Å². The summed E-state index contributed by atoms with van der Waals surface area (Å²) in [6, 6.07) is 10.6. The number of piperidine rings is 1. The molecule has 4 heterocycles. The number of rotatable bonds is 6. The van der Waals surface area contributed by atoms with Crippen LogP contribution in [0, 0.1) is 5.92 Å². The highest BCUT2D eigenvalue weighted by molar-refractivity contribution is 7.89. The van der Waals surface area contributed by atoms with Gasteiger partial charge in [0.2, 0.25) is 21.9 Å². The lowest BCUT2D eigenvalue weighted by Crippen LogP contribution is -2.45. The fraction of sp³-hybridized carbons (Fsp3) is 0.435. The van der Waals surface area contributed by atoms with Crippen LogP contribution in [0.15, 0.2) is 41.3 Å². The molecule has 0 bridgehead atoms.